The molecule has 2 atom stereocenters. The SMILES string of the molecule is CC1=[C-]C(C)C(C)=C1C.CC1=[C-]C(C)C(C)=C1C.C[SiH]C.[F-].[F-].[Zr+4]. The van der Waals surface area contributed by atoms with Gasteiger partial charge < -0.3 is 9.41 Å². The molecular weight excluding hydrogens is 398 g/mol. The molecule has 0 saturated heterocycles. The summed E-state index contributed by atoms with van der Waals surface area (Å²) in [4.78, 5) is 0. The molecule has 2 unspecified atom stereocenters. The summed E-state index contributed by atoms with van der Waals surface area (Å²) in [6.45, 7) is 21.8. The minimum atomic E-state index is 0. The van der Waals surface area contributed by atoms with E-state index in [0.29, 0.717) is 11.8 Å². The molecule has 4 heteroatoms. The molecule has 0 aliphatic heterocycles. The molecule has 0 bridgehead atoms. The maximum Gasteiger partial charge on any atom is 4.00 e. The van der Waals surface area contributed by atoms with Crippen LogP contribution in [0, 0.1) is 24.0 Å². The van der Waals surface area contributed by atoms with Gasteiger partial charge in [0.2, 0.25) is 0 Å². The molecule has 1 radical (unpaired) electrons. The van der Waals surface area contributed by atoms with E-state index >= 15 is 0 Å². The fourth-order valence-electron chi connectivity index (χ4n) is 2.32. The number of rotatable bonds is 0. The second-order valence-corrected chi connectivity index (χ2v) is 7.33. The Morgan fingerprint density at radius 3 is 0.917 bits per heavy atom. The molecule has 24 heavy (non-hydrogen) atoms. The first-order valence-electron chi connectivity index (χ1n) is 7.96. The van der Waals surface area contributed by atoms with Crippen LogP contribution in [0.25, 0.3) is 0 Å². The topological polar surface area (TPSA) is 0 Å². The maximum atomic E-state index is 3.36. The van der Waals surface area contributed by atoms with Crippen molar-refractivity contribution in [1.29, 1.82) is 0 Å². The Balaban J connectivity index is -0.000000130. The van der Waals surface area contributed by atoms with Crippen molar-refractivity contribution in [2.24, 2.45) is 11.8 Å². The molecule has 2 rings (SSSR count). The fraction of sp³-hybridized carbons (Fsp3) is 0.600. The Kier molecular flexibility index (Phi) is 20.1. The van der Waals surface area contributed by atoms with Gasteiger partial charge in [-0.3, -0.25) is 12.2 Å². The van der Waals surface area contributed by atoms with Crippen LogP contribution in [0.1, 0.15) is 55.4 Å². The average Bonchev–Trinajstić information content (AvgIpc) is 2.77. The molecule has 0 aromatic rings. The standard InChI is InChI=1S/2C9H13.C2H7Si.2FH.Zr/c2*1-6-5-7(2)9(4)8(6)3;1-3-2;;;/h2*6H,1-4H3;3H,1-2H3;2*1H;/q2*-1;;;;+4/p-2. The van der Waals surface area contributed by atoms with E-state index in [9.17, 15) is 0 Å². The Morgan fingerprint density at radius 2 is 0.875 bits per heavy atom. The summed E-state index contributed by atoms with van der Waals surface area (Å²) in [5, 5.41) is 0. The summed E-state index contributed by atoms with van der Waals surface area (Å²) in [6, 6.07) is 0. The van der Waals surface area contributed by atoms with Crippen LogP contribution in [0.4, 0.5) is 0 Å². The summed E-state index contributed by atoms with van der Waals surface area (Å²) >= 11 is 0. The summed E-state index contributed by atoms with van der Waals surface area (Å²) < 4.78 is 0. The average molecular weight is 431 g/mol. The van der Waals surface area contributed by atoms with Crippen molar-refractivity contribution in [2.75, 3.05) is 0 Å². The molecule has 0 heterocycles. The van der Waals surface area contributed by atoms with Gasteiger partial charge in [-0.2, -0.15) is 22.3 Å². The predicted octanol–water partition coefficient (Wildman–Crippen LogP) is -0.0314. The van der Waals surface area contributed by atoms with Crippen LogP contribution in [-0.2, 0) is 26.2 Å². The van der Waals surface area contributed by atoms with Crippen LogP contribution in [0.5, 0.6) is 0 Å². The molecule has 0 nitrogen and oxygen atoms in total. The number of halogens is 2. The molecule has 0 amide bonds. The van der Waals surface area contributed by atoms with Crippen molar-refractivity contribution < 1.29 is 35.6 Å². The normalized spacial score (nSPS) is 21.1. The zero-order valence-electron chi connectivity index (χ0n) is 17.0. The number of hydrogen-bond donors (Lipinski definition) is 0. The number of hydrogen-bond acceptors (Lipinski definition) is 0. The first-order valence-corrected chi connectivity index (χ1v) is 10.3. The Morgan fingerprint density at radius 1 is 0.667 bits per heavy atom. The van der Waals surface area contributed by atoms with Crippen molar-refractivity contribution >= 4 is 9.52 Å². The Labute approximate surface area is 170 Å². The van der Waals surface area contributed by atoms with E-state index in [4.69, 9.17) is 0 Å². The van der Waals surface area contributed by atoms with Gasteiger partial charge in [0.05, 0.1) is 0 Å². The van der Waals surface area contributed by atoms with Gasteiger partial charge in [0, 0.05) is 9.52 Å². The smallest absolute Gasteiger partial charge is 1.00 e. The molecule has 0 aromatic heterocycles. The van der Waals surface area contributed by atoms with Crippen LogP contribution in [0.3, 0.4) is 0 Å². The van der Waals surface area contributed by atoms with Crippen LogP contribution < -0.4 is 9.41 Å². The fourth-order valence-corrected chi connectivity index (χ4v) is 2.32. The zero-order chi connectivity index (χ0) is 16.7. The Hall–Kier alpha value is -0.0800. The van der Waals surface area contributed by atoms with E-state index in [1.165, 1.54) is 33.4 Å². The molecule has 0 fully saturated rings. The van der Waals surface area contributed by atoms with Crippen molar-refractivity contribution in [3.8, 4) is 0 Å². The van der Waals surface area contributed by atoms with E-state index in [1.54, 1.807) is 0 Å². The monoisotopic (exact) mass is 429 g/mol. The first-order chi connectivity index (χ1) is 9.67. The van der Waals surface area contributed by atoms with Gasteiger partial charge in [-0.25, -0.2) is 11.1 Å². The third-order valence-corrected chi connectivity index (χ3v) is 4.47. The summed E-state index contributed by atoms with van der Waals surface area (Å²) in [5.41, 5.74) is 8.49. The van der Waals surface area contributed by atoms with Gasteiger partial charge in [0.1, 0.15) is 0 Å². The van der Waals surface area contributed by atoms with Crippen molar-refractivity contribution in [1.82, 2.24) is 0 Å². The second-order valence-electron chi connectivity index (χ2n) is 6.18. The molecule has 0 aromatic carbocycles. The largest absolute Gasteiger partial charge is 4.00 e. The molecule has 0 saturated carbocycles. The molecule has 0 spiro atoms. The van der Waals surface area contributed by atoms with Crippen molar-refractivity contribution in [3.05, 3.63) is 45.6 Å². The van der Waals surface area contributed by atoms with Gasteiger partial charge in [-0.05, 0) is 0 Å². The van der Waals surface area contributed by atoms with Gasteiger partial charge >= 0.3 is 26.2 Å². The minimum Gasteiger partial charge on any atom is -1.00 e. The summed E-state index contributed by atoms with van der Waals surface area (Å²) in [7, 11) is 0.750. The van der Waals surface area contributed by atoms with E-state index in [0.717, 1.165) is 9.52 Å². The van der Waals surface area contributed by atoms with Crippen LogP contribution in [0.15, 0.2) is 33.4 Å². The Bertz CT molecular complexity index is 444. The van der Waals surface area contributed by atoms with Crippen molar-refractivity contribution in [3.63, 3.8) is 0 Å². The van der Waals surface area contributed by atoms with E-state index in [1.807, 2.05) is 0 Å². The number of allylic oxidation sites excluding steroid dienone is 8. The maximum absolute atomic E-state index is 3.36. The third kappa shape index (κ3) is 9.42. The predicted molar refractivity (Wildman–Crippen MR) is 98.8 cm³/mol. The van der Waals surface area contributed by atoms with Crippen LogP contribution >= 0.6 is 0 Å². The van der Waals surface area contributed by atoms with Crippen LogP contribution in [-0.4, -0.2) is 9.52 Å². The second kappa shape index (κ2) is 15.2. The molecule has 2 aliphatic rings. The zero-order valence-corrected chi connectivity index (χ0v) is 20.6. The van der Waals surface area contributed by atoms with Crippen molar-refractivity contribution in [2.45, 2.75) is 68.5 Å². The summed E-state index contributed by atoms with van der Waals surface area (Å²) in [6.07, 6.45) is 6.72. The quantitative estimate of drug-likeness (QED) is 0.374. The molecular formula is C20H33F2SiZr. The van der Waals surface area contributed by atoms with E-state index in [2.05, 4.69) is 80.6 Å². The van der Waals surface area contributed by atoms with Gasteiger partial charge in [-0.1, -0.05) is 66.5 Å². The van der Waals surface area contributed by atoms with Gasteiger partial charge in [-0.15, -0.1) is 13.8 Å². The molecule has 135 valence electrons. The summed E-state index contributed by atoms with van der Waals surface area (Å²) in [5.74, 6) is 1.12. The molecule has 2 aliphatic carbocycles. The first kappa shape index (κ1) is 31.7. The molecule has 0 N–H and O–H groups in total. The third-order valence-electron chi connectivity index (χ3n) is 4.47. The van der Waals surface area contributed by atoms with Gasteiger partial charge in [0.25, 0.3) is 0 Å². The minimum absolute atomic E-state index is 0. The van der Waals surface area contributed by atoms with E-state index < -0.39 is 0 Å². The van der Waals surface area contributed by atoms with Gasteiger partial charge in [0.15, 0.2) is 0 Å². The van der Waals surface area contributed by atoms with E-state index in [-0.39, 0.29) is 35.6 Å². The van der Waals surface area contributed by atoms with Crippen LogP contribution in [0.2, 0.25) is 13.1 Å².